The molecule has 24 heavy (non-hydrogen) atoms. The van der Waals surface area contributed by atoms with Gasteiger partial charge in [0.15, 0.2) is 12.2 Å². The van der Waals surface area contributed by atoms with Gasteiger partial charge in [-0.2, -0.15) is 0 Å². The van der Waals surface area contributed by atoms with Crippen LogP contribution in [0.25, 0.3) is 0 Å². The van der Waals surface area contributed by atoms with Gasteiger partial charge in [0.25, 0.3) is 0 Å². The number of hydrogen-bond donors (Lipinski definition) is 0. The van der Waals surface area contributed by atoms with Crippen molar-refractivity contribution in [2.24, 2.45) is 11.8 Å². The number of rotatable bonds is 8. The summed E-state index contributed by atoms with van der Waals surface area (Å²) in [6, 6.07) is 0. The molecule has 0 spiro atoms. The fourth-order valence-corrected chi connectivity index (χ4v) is 2.90. The predicted molar refractivity (Wildman–Crippen MR) is 87.4 cm³/mol. The topological polar surface area (TPSA) is 71.1 Å². The average Bonchev–Trinajstić information content (AvgIpc) is 3.07. The minimum absolute atomic E-state index is 0.223. The molecule has 0 N–H and O–H groups in total. The Morgan fingerprint density at radius 2 is 1.21 bits per heavy atom. The van der Waals surface area contributed by atoms with E-state index in [1.807, 2.05) is 0 Å². The molecule has 2 saturated heterocycles. The number of carbonyl (C=O) groups is 2. The van der Waals surface area contributed by atoms with E-state index < -0.39 is 12.2 Å². The van der Waals surface area contributed by atoms with Crippen LogP contribution in [-0.2, 0) is 28.5 Å². The van der Waals surface area contributed by atoms with Gasteiger partial charge >= 0.3 is 11.9 Å². The van der Waals surface area contributed by atoms with Gasteiger partial charge in [0.05, 0.1) is 13.2 Å². The first-order chi connectivity index (χ1) is 11.4. The standard InChI is InChI=1S/C18H30O6/c1-11(2)5-7-15(19)23-13-9-21-18-14(10-22-17(13)18)24-16(20)8-6-12(3)4/h11-14,17-18H,5-10H2,1-4H3/t13-,14-,17+,18+/m0/s1. The Kier molecular flexibility index (Phi) is 7.04. The van der Waals surface area contributed by atoms with Gasteiger partial charge in [-0.15, -0.1) is 0 Å². The first-order valence-corrected chi connectivity index (χ1v) is 8.99. The molecule has 2 aliphatic heterocycles. The summed E-state index contributed by atoms with van der Waals surface area (Å²) in [6.45, 7) is 8.87. The molecule has 2 fully saturated rings. The van der Waals surface area contributed by atoms with Crippen molar-refractivity contribution in [3.8, 4) is 0 Å². The largest absolute Gasteiger partial charge is 0.457 e. The normalized spacial score (nSPS) is 29.1. The van der Waals surface area contributed by atoms with Crippen molar-refractivity contribution < 1.29 is 28.5 Å². The first-order valence-electron chi connectivity index (χ1n) is 8.99. The van der Waals surface area contributed by atoms with E-state index in [9.17, 15) is 9.59 Å². The lowest BCUT2D eigenvalue weighted by Gasteiger charge is -2.17. The van der Waals surface area contributed by atoms with Crippen molar-refractivity contribution in [3.05, 3.63) is 0 Å². The summed E-state index contributed by atoms with van der Waals surface area (Å²) in [4.78, 5) is 23.8. The second-order valence-electron chi connectivity index (χ2n) is 7.52. The highest BCUT2D eigenvalue weighted by atomic mass is 16.7. The average molecular weight is 342 g/mol. The minimum atomic E-state index is -0.408. The summed E-state index contributed by atoms with van der Waals surface area (Å²) in [5.41, 5.74) is 0. The highest BCUT2D eigenvalue weighted by Gasteiger charge is 2.51. The van der Waals surface area contributed by atoms with Crippen LogP contribution in [0.3, 0.4) is 0 Å². The molecule has 138 valence electrons. The molecule has 6 nitrogen and oxygen atoms in total. The van der Waals surface area contributed by atoms with Gasteiger partial charge in [-0.25, -0.2) is 0 Å². The zero-order chi connectivity index (χ0) is 17.7. The lowest BCUT2D eigenvalue weighted by atomic mass is 10.1. The van der Waals surface area contributed by atoms with Crippen molar-refractivity contribution in [2.75, 3.05) is 13.2 Å². The van der Waals surface area contributed by atoms with E-state index in [2.05, 4.69) is 27.7 Å². The molecule has 2 heterocycles. The van der Waals surface area contributed by atoms with Crippen molar-refractivity contribution in [1.82, 2.24) is 0 Å². The molecular weight excluding hydrogens is 312 g/mol. The Labute approximate surface area is 144 Å². The Morgan fingerprint density at radius 1 is 0.833 bits per heavy atom. The van der Waals surface area contributed by atoms with Gasteiger partial charge in [0.2, 0.25) is 0 Å². The van der Waals surface area contributed by atoms with E-state index in [1.165, 1.54) is 0 Å². The molecule has 2 aliphatic rings. The molecule has 0 amide bonds. The van der Waals surface area contributed by atoms with E-state index >= 15 is 0 Å². The van der Waals surface area contributed by atoms with Crippen LogP contribution in [0.5, 0.6) is 0 Å². The maximum Gasteiger partial charge on any atom is 0.306 e. The van der Waals surface area contributed by atoms with Gasteiger partial charge in [0.1, 0.15) is 12.2 Å². The Bertz CT molecular complexity index is 393. The third-order valence-corrected chi connectivity index (χ3v) is 4.38. The highest BCUT2D eigenvalue weighted by molar-refractivity contribution is 5.70. The summed E-state index contributed by atoms with van der Waals surface area (Å²) in [7, 11) is 0. The molecule has 0 unspecified atom stereocenters. The van der Waals surface area contributed by atoms with E-state index in [0.717, 1.165) is 12.8 Å². The minimum Gasteiger partial charge on any atom is -0.457 e. The van der Waals surface area contributed by atoms with Crippen LogP contribution in [-0.4, -0.2) is 49.6 Å². The maximum absolute atomic E-state index is 11.9. The molecule has 0 aromatic carbocycles. The lowest BCUT2D eigenvalue weighted by molar-refractivity contribution is -0.155. The van der Waals surface area contributed by atoms with Crippen molar-refractivity contribution in [1.29, 1.82) is 0 Å². The molecule has 0 saturated carbocycles. The Hall–Kier alpha value is -1.14. The van der Waals surface area contributed by atoms with Crippen LogP contribution in [0.15, 0.2) is 0 Å². The van der Waals surface area contributed by atoms with Gasteiger partial charge in [-0.3, -0.25) is 9.59 Å². The second kappa shape index (κ2) is 8.81. The molecule has 2 rings (SSSR count). The number of hydrogen-bond acceptors (Lipinski definition) is 6. The molecule has 4 atom stereocenters. The van der Waals surface area contributed by atoms with Crippen molar-refractivity contribution in [2.45, 2.75) is 77.8 Å². The first kappa shape index (κ1) is 19.2. The van der Waals surface area contributed by atoms with Crippen molar-refractivity contribution >= 4 is 11.9 Å². The number of esters is 2. The van der Waals surface area contributed by atoms with Crippen LogP contribution in [0, 0.1) is 11.8 Å². The SMILES string of the molecule is CC(C)CCC(=O)O[C@H]1CO[C@H]2[C@@H]1OC[C@@H]2OC(=O)CCC(C)C. The van der Waals surface area contributed by atoms with Crippen molar-refractivity contribution in [3.63, 3.8) is 0 Å². The van der Waals surface area contributed by atoms with E-state index in [1.54, 1.807) is 0 Å². The summed E-state index contributed by atoms with van der Waals surface area (Å²) >= 11 is 0. The third kappa shape index (κ3) is 5.45. The zero-order valence-corrected chi connectivity index (χ0v) is 15.2. The van der Waals surface area contributed by atoms with Gasteiger partial charge in [-0.1, -0.05) is 27.7 Å². The molecular formula is C18H30O6. The van der Waals surface area contributed by atoms with Crippen LogP contribution in [0.2, 0.25) is 0 Å². The molecule has 0 bridgehead atoms. The number of fused-ring (bicyclic) bond motifs is 1. The monoisotopic (exact) mass is 342 g/mol. The molecule has 0 aromatic rings. The quantitative estimate of drug-likeness (QED) is 0.631. The zero-order valence-electron chi connectivity index (χ0n) is 15.2. The molecule has 6 heteroatoms. The van der Waals surface area contributed by atoms with Gasteiger partial charge in [-0.05, 0) is 24.7 Å². The fraction of sp³-hybridized carbons (Fsp3) is 0.889. The summed E-state index contributed by atoms with van der Waals surface area (Å²) in [5, 5.41) is 0. The summed E-state index contributed by atoms with van der Waals surface area (Å²) in [5.74, 6) is 0.475. The van der Waals surface area contributed by atoms with E-state index in [-0.39, 0.29) is 24.1 Å². The maximum atomic E-state index is 11.9. The van der Waals surface area contributed by atoms with Crippen LogP contribution in [0.1, 0.15) is 53.4 Å². The van der Waals surface area contributed by atoms with Crippen LogP contribution >= 0.6 is 0 Å². The summed E-state index contributed by atoms with van der Waals surface area (Å²) in [6.07, 6.45) is 0.919. The van der Waals surface area contributed by atoms with E-state index in [0.29, 0.717) is 37.9 Å². The number of carbonyl (C=O) groups excluding carboxylic acids is 2. The molecule has 0 aliphatic carbocycles. The Morgan fingerprint density at radius 3 is 1.54 bits per heavy atom. The molecule has 0 aromatic heterocycles. The van der Waals surface area contributed by atoms with Crippen LogP contribution in [0.4, 0.5) is 0 Å². The summed E-state index contributed by atoms with van der Waals surface area (Å²) < 4.78 is 22.3. The predicted octanol–water partition coefficient (Wildman–Crippen LogP) is 2.48. The molecule has 0 radical (unpaired) electrons. The smallest absolute Gasteiger partial charge is 0.306 e. The fourth-order valence-electron chi connectivity index (χ4n) is 2.90. The van der Waals surface area contributed by atoms with Gasteiger partial charge in [0, 0.05) is 12.8 Å². The number of ether oxygens (including phenoxy) is 4. The Balaban J connectivity index is 1.77. The third-order valence-electron chi connectivity index (χ3n) is 4.38. The van der Waals surface area contributed by atoms with E-state index in [4.69, 9.17) is 18.9 Å². The van der Waals surface area contributed by atoms with Gasteiger partial charge < -0.3 is 18.9 Å². The lowest BCUT2D eigenvalue weighted by Crippen LogP contribution is -2.36. The second-order valence-corrected chi connectivity index (χ2v) is 7.52. The van der Waals surface area contributed by atoms with Crippen LogP contribution < -0.4 is 0 Å². The highest BCUT2D eigenvalue weighted by Crippen LogP contribution is 2.31.